The average molecular weight is 246 g/mol. The molecule has 2 aliphatic rings. The molecule has 1 N–H and O–H groups in total. The Labute approximate surface area is 104 Å². The second-order valence-corrected chi connectivity index (χ2v) is 5.02. The fourth-order valence-electron chi connectivity index (χ4n) is 3.20. The van der Waals surface area contributed by atoms with Crippen molar-refractivity contribution in [3.05, 3.63) is 17.3 Å². The number of anilines is 1. The summed E-state index contributed by atoms with van der Waals surface area (Å²) in [6.07, 6.45) is 5.04. The normalized spacial score (nSPS) is 25.3. The molecule has 5 nitrogen and oxygen atoms in total. The lowest BCUT2D eigenvalue weighted by Gasteiger charge is -2.28. The number of nitrogens with zero attached hydrogens (tertiary/aromatic N) is 1. The van der Waals surface area contributed by atoms with E-state index in [1.165, 1.54) is 0 Å². The van der Waals surface area contributed by atoms with Crippen LogP contribution in [-0.4, -0.2) is 22.5 Å². The number of hydrogen-bond donors (Lipinski definition) is 1. The van der Waals surface area contributed by atoms with Gasteiger partial charge in [-0.15, -0.1) is 0 Å². The van der Waals surface area contributed by atoms with Gasteiger partial charge in [-0.25, -0.2) is 0 Å². The van der Waals surface area contributed by atoms with Crippen LogP contribution in [0.15, 0.2) is 6.20 Å². The van der Waals surface area contributed by atoms with Gasteiger partial charge in [0.1, 0.15) is 5.82 Å². The van der Waals surface area contributed by atoms with E-state index in [9.17, 15) is 14.4 Å². The van der Waals surface area contributed by atoms with Crippen LogP contribution in [0.25, 0.3) is 0 Å². The maximum absolute atomic E-state index is 12.0. The van der Waals surface area contributed by atoms with Crippen molar-refractivity contribution in [2.45, 2.75) is 32.2 Å². The number of aldehydes is 1. The molecule has 3 rings (SSSR count). The van der Waals surface area contributed by atoms with Crippen LogP contribution >= 0.6 is 0 Å². The fraction of sp³-hybridized carbons (Fsp3) is 0.462. The highest BCUT2D eigenvalue weighted by atomic mass is 16.2. The van der Waals surface area contributed by atoms with Crippen molar-refractivity contribution in [2.24, 2.45) is 5.92 Å². The van der Waals surface area contributed by atoms with Gasteiger partial charge in [-0.3, -0.25) is 14.4 Å². The minimum atomic E-state index is -0.571. The lowest BCUT2D eigenvalue weighted by Crippen LogP contribution is -2.34. The van der Waals surface area contributed by atoms with Gasteiger partial charge < -0.3 is 9.88 Å². The minimum Gasteiger partial charge on any atom is -0.330 e. The van der Waals surface area contributed by atoms with Gasteiger partial charge in [0, 0.05) is 12.2 Å². The predicted octanol–water partition coefficient (Wildman–Crippen LogP) is 1.47. The number of aromatic nitrogens is 1. The second kappa shape index (κ2) is 3.80. The van der Waals surface area contributed by atoms with Crippen molar-refractivity contribution in [1.82, 2.24) is 4.57 Å². The van der Waals surface area contributed by atoms with Crippen LogP contribution in [0.2, 0.25) is 0 Å². The Morgan fingerprint density at radius 2 is 2.28 bits per heavy atom. The molecular formula is C13H14N2O3. The van der Waals surface area contributed by atoms with Gasteiger partial charge in [0.15, 0.2) is 6.29 Å². The van der Waals surface area contributed by atoms with Gasteiger partial charge in [-0.05, 0) is 25.3 Å². The van der Waals surface area contributed by atoms with Gasteiger partial charge in [0.05, 0.1) is 11.5 Å². The molecule has 1 saturated carbocycles. The van der Waals surface area contributed by atoms with Crippen LogP contribution in [0.3, 0.4) is 0 Å². The molecule has 0 saturated heterocycles. The van der Waals surface area contributed by atoms with Crippen LogP contribution in [0.1, 0.15) is 41.2 Å². The molecule has 94 valence electrons. The molecule has 1 aromatic rings. The van der Waals surface area contributed by atoms with E-state index in [4.69, 9.17) is 0 Å². The number of aryl methyl sites for hydroxylation is 1. The van der Waals surface area contributed by atoms with Crippen LogP contribution < -0.4 is 5.32 Å². The molecule has 1 aromatic heterocycles. The number of rotatable bonds is 2. The first-order valence-electron chi connectivity index (χ1n) is 6.15. The number of carbonyl (C=O) groups is 3. The Morgan fingerprint density at radius 3 is 3.00 bits per heavy atom. The van der Waals surface area contributed by atoms with Crippen molar-refractivity contribution in [3.63, 3.8) is 0 Å². The number of nitrogens with one attached hydrogen (secondary N) is 1. The Balaban J connectivity index is 2.16. The molecule has 0 aromatic carbocycles. The summed E-state index contributed by atoms with van der Waals surface area (Å²) in [5.41, 5.74) is 1.08. The maximum Gasteiger partial charge on any atom is 0.230 e. The Hall–Kier alpha value is -1.91. The number of carbonyl (C=O) groups excluding carboxylic acids is 3. The topological polar surface area (TPSA) is 68.2 Å². The molecule has 1 aliphatic heterocycles. The van der Waals surface area contributed by atoms with Gasteiger partial charge in [0.25, 0.3) is 0 Å². The van der Waals surface area contributed by atoms with E-state index < -0.39 is 5.78 Å². The Bertz CT molecular complexity index is 559. The van der Waals surface area contributed by atoms with Crippen LogP contribution in [0, 0.1) is 12.8 Å². The lowest BCUT2D eigenvalue weighted by atomic mass is 10.00. The highest BCUT2D eigenvalue weighted by Crippen LogP contribution is 2.43. The van der Waals surface area contributed by atoms with Gasteiger partial charge in [-0.1, -0.05) is 6.42 Å². The molecule has 0 bridgehead atoms. The maximum atomic E-state index is 12.0. The molecule has 1 aliphatic carbocycles. The van der Waals surface area contributed by atoms with Crippen molar-refractivity contribution in [3.8, 4) is 0 Å². The molecular weight excluding hydrogens is 232 g/mol. The average Bonchev–Trinajstić information content (AvgIpc) is 2.93. The summed E-state index contributed by atoms with van der Waals surface area (Å²) in [6, 6.07) is 0.139. The van der Waals surface area contributed by atoms with Gasteiger partial charge >= 0.3 is 0 Å². The first-order valence-corrected chi connectivity index (χ1v) is 6.15. The van der Waals surface area contributed by atoms with Crippen LogP contribution in [0.4, 0.5) is 5.82 Å². The third kappa shape index (κ3) is 1.36. The van der Waals surface area contributed by atoms with E-state index in [2.05, 4.69) is 5.32 Å². The van der Waals surface area contributed by atoms with E-state index in [-0.39, 0.29) is 17.9 Å². The van der Waals surface area contributed by atoms with E-state index in [0.29, 0.717) is 17.7 Å². The fourth-order valence-corrected chi connectivity index (χ4v) is 3.20. The summed E-state index contributed by atoms with van der Waals surface area (Å²) < 4.78 is 1.96. The zero-order chi connectivity index (χ0) is 12.9. The molecule has 1 amide bonds. The van der Waals surface area contributed by atoms with Crippen molar-refractivity contribution >= 4 is 23.8 Å². The second-order valence-electron chi connectivity index (χ2n) is 5.02. The van der Waals surface area contributed by atoms with Crippen molar-refractivity contribution in [1.29, 1.82) is 0 Å². The molecule has 2 atom stereocenters. The highest BCUT2D eigenvalue weighted by molar-refractivity contribution is 6.35. The number of ketones is 1. The van der Waals surface area contributed by atoms with Gasteiger partial charge in [-0.2, -0.15) is 0 Å². The third-order valence-electron chi connectivity index (χ3n) is 3.99. The number of fused-ring (bicyclic) bond motifs is 3. The summed E-state index contributed by atoms with van der Waals surface area (Å²) in [7, 11) is 0. The summed E-state index contributed by atoms with van der Waals surface area (Å²) >= 11 is 0. The lowest BCUT2D eigenvalue weighted by molar-refractivity contribution is -0.121. The third-order valence-corrected chi connectivity index (χ3v) is 3.99. The summed E-state index contributed by atoms with van der Waals surface area (Å²) in [6.45, 7) is 1.79. The van der Waals surface area contributed by atoms with E-state index in [1.54, 1.807) is 6.92 Å². The Morgan fingerprint density at radius 1 is 1.50 bits per heavy atom. The molecule has 18 heavy (non-hydrogen) atoms. The van der Waals surface area contributed by atoms with Crippen LogP contribution in [-0.2, 0) is 9.59 Å². The van der Waals surface area contributed by atoms with E-state index >= 15 is 0 Å². The standard InChI is InChI=1S/C13H14N2O3/c1-7-5-15-9-4-2-3-8(9)13(18)14-12(15)11(7)10(17)6-16/h5-6,8-9H,2-4H2,1H3,(H,14,18). The first-order chi connectivity index (χ1) is 8.63. The molecule has 5 heteroatoms. The molecule has 2 heterocycles. The molecule has 0 spiro atoms. The van der Waals surface area contributed by atoms with E-state index in [1.807, 2.05) is 10.8 Å². The zero-order valence-electron chi connectivity index (χ0n) is 10.1. The van der Waals surface area contributed by atoms with Gasteiger partial charge in [0.2, 0.25) is 11.7 Å². The molecule has 2 unspecified atom stereocenters. The van der Waals surface area contributed by atoms with Crippen molar-refractivity contribution < 1.29 is 14.4 Å². The summed E-state index contributed by atoms with van der Waals surface area (Å²) in [5.74, 6) is -0.0951. The molecule has 0 radical (unpaired) electrons. The highest BCUT2D eigenvalue weighted by Gasteiger charge is 2.40. The van der Waals surface area contributed by atoms with Crippen molar-refractivity contribution in [2.75, 3.05) is 5.32 Å². The monoisotopic (exact) mass is 246 g/mol. The molecule has 1 fully saturated rings. The number of hydrogen-bond acceptors (Lipinski definition) is 3. The largest absolute Gasteiger partial charge is 0.330 e. The smallest absolute Gasteiger partial charge is 0.230 e. The summed E-state index contributed by atoms with van der Waals surface area (Å²) in [4.78, 5) is 34.3. The SMILES string of the molecule is Cc1cn2c(c1C(=O)C=O)NC(=O)C1CCCC12. The first kappa shape index (κ1) is 11.2. The minimum absolute atomic E-state index is 0.00323. The Kier molecular flexibility index (Phi) is 2.36. The predicted molar refractivity (Wildman–Crippen MR) is 64.6 cm³/mol. The zero-order valence-corrected chi connectivity index (χ0v) is 10.1. The number of Topliss-reactive ketones (excluding diaryl/α,β-unsaturated/α-hetero) is 1. The number of amides is 1. The quantitative estimate of drug-likeness (QED) is 0.488. The van der Waals surface area contributed by atoms with Crippen LogP contribution in [0.5, 0.6) is 0 Å². The van der Waals surface area contributed by atoms with E-state index in [0.717, 1.165) is 24.8 Å². The summed E-state index contributed by atoms with van der Waals surface area (Å²) in [5, 5.41) is 2.78.